The Morgan fingerprint density at radius 2 is 1.82 bits per heavy atom. The molecule has 0 bridgehead atoms. The van der Waals surface area contributed by atoms with Crippen LogP contribution in [0.25, 0.3) is 0 Å². The molecule has 0 saturated carbocycles. The molecule has 2 aromatic rings. The molecule has 0 unspecified atom stereocenters. The number of hydrogen-bond acceptors (Lipinski definition) is 7. The standard InChI is InChI=1S/C19H22N2O5S2/c1-11-4-6-13(7-5-11)27-10-14(22)21-18-15(19(24)26-9-8-25-3)12(2)16(28-18)17(20)23/h4-7H,8-10H2,1-3H3,(H2,20,23)(H,21,22). The smallest absolute Gasteiger partial charge is 0.341 e. The van der Waals surface area contributed by atoms with Gasteiger partial charge in [-0.15, -0.1) is 23.1 Å². The number of thioether (sulfide) groups is 1. The zero-order valence-electron chi connectivity index (χ0n) is 15.9. The number of methoxy groups -OCH3 is 1. The summed E-state index contributed by atoms with van der Waals surface area (Å²) in [4.78, 5) is 37.6. The van der Waals surface area contributed by atoms with E-state index in [1.54, 1.807) is 6.92 Å². The number of hydrogen-bond donors (Lipinski definition) is 2. The molecule has 3 N–H and O–H groups in total. The fraction of sp³-hybridized carbons (Fsp3) is 0.316. The molecule has 150 valence electrons. The lowest BCUT2D eigenvalue weighted by Gasteiger charge is -2.08. The number of amides is 2. The predicted molar refractivity (Wildman–Crippen MR) is 110 cm³/mol. The van der Waals surface area contributed by atoms with E-state index in [4.69, 9.17) is 15.2 Å². The molecule has 0 aliphatic rings. The molecule has 0 aliphatic heterocycles. The van der Waals surface area contributed by atoms with Gasteiger partial charge in [0.1, 0.15) is 11.6 Å². The lowest BCUT2D eigenvalue weighted by molar-refractivity contribution is -0.113. The SMILES string of the molecule is COCCOC(=O)c1c(NC(=O)CSc2ccc(C)cc2)sc(C(N)=O)c1C. The van der Waals surface area contributed by atoms with Crippen molar-refractivity contribution in [3.05, 3.63) is 45.8 Å². The van der Waals surface area contributed by atoms with Gasteiger partial charge in [0.05, 0.1) is 22.8 Å². The van der Waals surface area contributed by atoms with Crippen LogP contribution in [-0.2, 0) is 14.3 Å². The monoisotopic (exact) mass is 422 g/mol. The van der Waals surface area contributed by atoms with Crippen molar-refractivity contribution in [3.63, 3.8) is 0 Å². The quantitative estimate of drug-likeness (QED) is 0.365. The Labute approximate surface area is 171 Å². The third-order valence-electron chi connectivity index (χ3n) is 3.74. The van der Waals surface area contributed by atoms with Crippen LogP contribution in [0.3, 0.4) is 0 Å². The average molecular weight is 423 g/mol. The Kier molecular flexibility index (Phi) is 8.04. The first-order chi connectivity index (χ1) is 13.3. The number of thiophene rings is 1. The van der Waals surface area contributed by atoms with E-state index < -0.39 is 11.9 Å². The molecule has 1 heterocycles. The van der Waals surface area contributed by atoms with E-state index in [-0.39, 0.29) is 40.3 Å². The summed E-state index contributed by atoms with van der Waals surface area (Å²) in [5.74, 6) is -1.44. The van der Waals surface area contributed by atoms with E-state index >= 15 is 0 Å². The number of nitrogens with one attached hydrogen (secondary N) is 1. The second-order valence-corrected chi connectivity index (χ2v) is 7.97. The van der Waals surface area contributed by atoms with E-state index in [0.717, 1.165) is 21.8 Å². The van der Waals surface area contributed by atoms with Gasteiger partial charge < -0.3 is 20.5 Å². The van der Waals surface area contributed by atoms with E-state index in [9.17, 15) is 14.4 Å². The molecule has 1 aromatic heterocycles. The van der Waals surface area contributed by atoms with E-state index in [1.807, 2.05) is 31.2 Å². The van der Waals surface area contributed by atoms with Crippen molar-refractivity contribution in [1.29, 1.82) is 0 Å². The van der Waals surface area contributed by atoms with Crippen LogP contribution in [0.15, 0.2) is 29.2 Å². The maximum Gasteiger partial charge on any atom is 0.341 e. The average Bonchev–Trinajstić information content (AvgIpc) is 2.97. The highest BCUT2D eigenvalue weighted by Gasteiger charge is 2.25. The van der Waals surface area contributed by atoms with Gasteiger partial charge in [0, 0.05) is 12.0 Å². The summed E-state index contributed by atoms with van der Waals surface area (Å²) in [6.07, 6.45) is 0. The van der Waals surface area contributed by atoms with Gasteiger partial charge in [-0.3, -0.25) is 9.59 Å². The second kappa shape index (κ2) is 10.3. The van der Waals surface area contributed by atoms with Gasteiger partial charge >= 0.3 is 5.97 Å². The Balaban J connectivity index is 2.12. The summed E-state index contributed by atoms with van der Waals surface area (Å²) in [7, 11) is 1.49. The van der Waals surface area contributed by atoms with E-state index in [1.165, 1.54) is 18.9 Å². The van der Waals surface area contributed by atoms with Crippen molar-refractivity contribution in [2.75, 3.05) is 31.4 Å². The minimum atomic E-state index is -0.664. The molecule has 0 aliphatic carbocycles. The molecule has 0 spiro atoms. The number of benzene rings is 1. The molecular weight excluding hydrogens is 400 g/mol. The summed E-state index contributed by atoms with van der Waals surface area (Å²) in [6.45, 7) is 3.89. The number of anilines is 1. The van der Waals surface area contributed by atoms with Gasteiger partial charge in [-0.2, -0.15) is 0 Å². The largest absolute Gasteiger partial charge is 0.460 e. The van der Waals surface area contributed by atoms with Gasteiger partial charge in [-0.05, 0) is 31.5 Å². The summed E-state index contributed by atoms with van der Waals surface area (Å²) in [5.41, 5.74) is 7.05. The van der Waals surface area contributed by atoms with Crippen molar-refractivity contribution >= 4 is 45.9 Å². The zero-order valence-corrected chi connectivity index (χ0v) is 17.5. The van der Waals surface area contributed by atoms with Gasteiger partial charge in [0.25, 0.3) is 5.91 Å². The molecule has 0 radical (unpaired) electrons. The van der Waals surface area contributed by atoms with Crippen LogP contribution in [-0.4, -0.2) is 43.9 Å². The summed E-state index contributed by atoms with van der Waals surface area (Å²) >= 11 is 2.34. The van der Waals surface area contributed by atoms with Crippen molar-refractivity contribution in [1.82, 2.24) is 0 Å². The van der Waals surface area contributed by atoms with Crippen LogP contribution in [0.1, 0.15) is 31.2 Å². The molecule has 7 nitrogen and oxygen atoms in total. The lowest BCUT2D eigenvalue weighted by Crippen LogP contribution is -2.17. The molecule has 0 atom stereocenters. The molecule has 0 fully saturated rings. The minimum Gasteiger partial charge on any atom is -0.460 e. The van der Waals surface area contributed by atoms with Crippen molar-refractivity contribution in [2.45, 2.75) is 18.7 Å². The van der Waals surface area contributed by atoms with Gasteiger partial charge in [-0.25, -0.2) is 4.79 Å². The number of esters is 1. The Hall–Kier alpha value is -2.36. The third-order valence-corrected chi connectivity index (χ3v) is 5.97. The molecule has 2 amide bonds. The third kappa shape index (κ3) is 5.82. The molecular formula is C19H22N2O5S2. The van der Waals surface area contributed by atoms with Crippen LogP contribution in [0.4, 0.5) is 5.00 Å². The number of aryl methyl sites for hydroxylation is 1. The number of ether oxygens (including phenoxy) is 2. The molecule has 28 heavy (non-hydrogen) atoms. The van der Waals surface area contributed by atoms with Crippen molar-refractivity contribution < 1.29 is 23.9 Å². The number of rotatable bonds is 9. The highest BCUT2D eigenvalue weighted by atomic mass is 32.2. The summed E-state index contributed by atoms with van der Waals surface area (Å²) < 4.78 is 10.00. The van der Waals surface area contributed by atoms with Crippen molar-refractivity contribution in [2.24, 2.45) is 5.73 Å². The van der Waals surface area contributed by atoms with Crippen LogP contribution >= 0.6 is 23.1 Å². The molecule has 1 aromatic carbocycles. The highest BCUT2D eigenvalue weighted by Crippen LogP contribution is 2.33. The van der Waals surface area contributed by atoms with Crippen molar-refractivity contribution in [3.8, 4) is 0 Å². The minimum absolute atomic E-state index is 0.0627. The summed E-state index contributed by atoms with van der Waals surface area (Å²) in [6, 6.07) is 7.81. The van der Waals surface area contributed by atoms with Crippen LogP contribution in [0.5, 0.6) is 0 Å². The first-order valence-electron chi connectivity index (χ1n) is 8.42. The Morgan fingerprint density at radius 3 is 2.43 bits per heavy atom. The number of nitrogens with two attached hydrogens (primary N) is 1. The van der Waals surface area contributed by atoms with Crippen LogP contribution in [0.2, 0.25) is 0 Å². The van der Waals surface area contributed by atoms with Crippen LogP contribution in [0, 0.1) is 13.8 Å². The zero-order chi connectivity index (χ0) is 20.7. The highest BCUT2D eigenvalue weighted by molar-refractivity contribution is 8.00. The lowest BCUT2D eigenvalue weighted by atomic mass is 10.1. The second-order valence-electron chi connectivity index (χ2n) is 5.90. The fourth-order valence-electron chi connectivity index (χ4n) is 2.32. The Morgan fingerprint density at radius 1 is 1.14 bits per heavy atom. The van der Waals surface area contributed by atoms with Crippen LogP contribution < -0.4 is 11.1 Å². The fourth-order valence-corrected chi connectivity index (χ4v) is 4.08. The normalized spacial score (nSPS) is 10.5. The predicted octanol–water partition coefficient (Wildman–Crippen LogP) is 3.00. The van der Waals surface area contributed by atoms with Gasteiger partial charge in [-0.1, -0.05) is 17.7 Å². The maximum atomic E-state index is 12.4. The number of carbonyl (C=O) groups excluding carboxylic acids is 3. The number of carbonyl (C=O) groups is 3. The molecule has 2 rings (SSSR count). The summed E-state index contributed by atoms with van der Waals surface area (Å²) in [5, 5.41) is 2.95. The maximum absolute atomic E-state index is 12.4. The van der Waals surface area contributed by atoms with E-state index in [0.29, 0.717) is 5.56 Å². The molecule has 9 heteroatoms. The van der Waals surface area contributed by atoms with E-state index in [2.05, 4.69) is 5.32 Å². The Bertz CT molecular complexity index is 862. The van der Waals surface area contributed by atoms with Gasteiger partial charge in [0.2, 0.25) is 5.91 Å². The van der Waals surface area contributed by atoms with Gasteiger partial charge in [0.15, 0.2) is 0 Å². The first kappa shape index (κ1) is 21.9. The topological polar surface area (TPSA) is 108 Å². The number of primary amides is 1. The first-order valence-corrected chi connectivity index (χ1v) is 10.2. The molecule has 0 saturated heterocycles.